The van der Waals surface area contributed by atoms with Crippen LogP contribution in [0, 0.1) is 0 Å². The maximum atomic E-state index is 10.7. The summed E-state index contributed by atoms with van der Waals surface area (Å²) in [5, 5.41) is 16.0. The lowest BCUT2D eigenvalue weighted by Crippen LogP contribution is -1.96. The normalized spacial score (nSPS) is 12.7. The van der Waals surface area contributed by atoms with E-state index in [-0.39, 0.29) is 12.5 Å². The van der Waals surface area contributed by atoms with Crippen molar-refractivity contribution in [3.8, 4) is 17.2 Å². The Hall–Kier alpha value is -2.57. The third-order valence-electron chi connectivity index (χ3n) is 2.33. The van der Waals surface area contributed by atoms with E-state index in [0.717, 1.165) is 0 Å². The third-order valence-corrected chi connectivity index (χ3v) is 2.33. The zero-order valence-corrected chi connectivity index (χ0v) is 8.53. The number of carboxylic acids is 1. The Morgan fingerprint density at radius 3 is 2.94 bits per heavy atom. The molecule has 2 heterocycles. The molecule has 1 aromatic heterocycles. The van der Waals surface area contributed by atoms with Crippen LogP contribution in [-0.4, -0.2) is 32.9 Å². The van der Waals surface area contributed by atoms with Gasteiger partial charge in [0.15, 0.2) is 17.2 Å². The molecule has 0 aliphatic carbocycles. The van der Waals surface area contributed by atoms with Crippen molar-refractivity contribution >= 4 is 5.97 Å². The summed E-state index contributed by atoms with van der Waals surface area (Å²) in [7, 11) is 0. The number of fused-ring (bicyclic) bond motifs is 1. The van der Waals surface area contributed by atoms with Gasteiger partial charge >= 0.3 is 5.97 Å². The molecular formula is C10H7N3O4. The summed E-state index contributed by atoms with van der Waals surface area (Å²) < 4.78 is 11.8. The van der Waals surface area contributed by atoms with Crippen molar-refractivity contribution in [2.24, 2.45) is 0 Å². The second-order valence-corrected chi connectivity index (χ2v) is 3.39. The first kappa shape index (κ1) is 9.64. The van der Waals surface area contributed by atoms with Crippen LogP contribution in [0.5, 0.6) is 11.5 Å². The number of aromatic nitrogens is 3. The van der Waals surface area contributed by atoms with Crippen molar-refractivity contribution in [1.29, 1.82) is 0 Å². The Morgan fingerprint density at radius 1 is 1.35 bits per heavy atom. The highest BCUT2D eigenvalue weighted by molar-refractivity contribution is 5.84. The average Bonchev–Trinajstić information content (AvgIpc) is 2.97. The number of carboxylic acid groups (broad SMARTS) is 1. The van der Waals surface area contributed by atoms with Crippen molar-refractivity contribution in [1.82, 2.24) is 15.0 Å². The highest BCUT2D eigenvalue weighted by Crippen LogP contribution is 2.33. The first-order valence-electron chi connectivity index (χ1n) is 4.80. The summed E-state index contributed by atoms with van der Waals surface area (Å²) in [5.74, 6) is 0.152. The number of nitrogens with zero attached hydrogens (tertiary/aromatic N) is 3. The van der Waals surface area contributed by atoms with Gasteiger partial charge in [-0.15, -0.1) is 5.10 Å². The number of rotatable bonds is 2. The second-order valence-electron chi connectivity index (χ2n) is 3.39. The molecule has 1 N–H and O–H groups in total. The molecule has 0 saturated heterocycles. The maximum absolute atomic E-state index is 10.7. The van der Waals surface area contributed by atoms with Crippen LogP contribution in [0.2, 0.25) is 0 Å². The van der Waals surface area contributed by atoms with Crippen LogP contribution in [0.1, 0.15) is 10.5 Å². The number of hydrogen-bond donors (Lipinski definition) is 1. The average molecular weight is 233 g/mol. The molecule has 7 heteroatoms. The fraction of sp³-hybridized carbons (Fsp3) is 0.100. The zero-order valence-electron chi connectivity index (χ0n) is 8.53. The van der Waals surface area contributed by atoms with E-state index in [1.54, 1.807) is 18.2 Å². The van der Waals surface area contributed by atoms with Crippen molar-refractivity contribution in [3.05, 3.63) is 30.1 Å². The van der Waals surface area contributed by atoms with Crippen LogP contribution in [0.3, 0.4) is 0 Å². The van der Waals surface area contributed by atoms with E-state index >= 15 is 0 Å². The highest BCUT2D eigenvalue weighted by Gasteiger charge is 2.15. The molecule has 0 saturated carbocycles. The molecule has 7 nitrogen and oxygen atoms in total. The number of carbonyl (C=O) groups is 1. The smallest absolute Gasteiger partial charge is 0.358 e. The lowest BCUT2D eigenvalue weighted by atomic mass is 10.3. The minimum atomic E-state index is -1.11. The van der Waals surface area contributed by atoms with Gasteiger partial charge in [0.2, 0.25) is 6.79 Å². The molecule has 86 valence electrons. The third kappa shape index (κ3) is 1.57. The molecule has 1 aromatic carbocycles. The largest absolute Gasteiger partial charge is 0.476 e. The van der Waals surface area contributed by atoms with Crippen LogP contribution in [-0.2, 0) is 0 Å². The van der Waals surface area contributed by atoms with Gasteiger partial charge in [0, 0.05) is 6.07 Å². The Bertz CT molecular complexity index is 593. The van der Waals surface area contributed by atoms with Gasteiger partial charge in [0.05, 0.1) is 11.9 Å². The van der Waals surface area contributed by atoms with Crippen molar-refractivity contribution < 1.29 is 19.4 Å². The Kier molecular flexibility index (Phi) is 1.97. The van der Waals surface area contributed by atoms with Gasteiger partial charge in [-0.3, -0.25) is 0 Å². The molecule has 3 rings (SSSR count). The predicted molar refractivity (Wildman–Crippen MR) is 54.4 cm³/mol. The summed E-state index contributed by atoms with van der Waals surface area (Å²) in [5.41, 5.74) is 0.553. The second kappa shape index (κ2) is 3.48. The molecule has 2 aromatic rings. The molecule has 0 atom stereocenters. The summed E-state index contributed by atoms with van der Waals surface area (Å²) in [6, 6.07) is 5.19. The molecule has 0 fully saturated rings. The molecule has 1 aliphatic rings. The summed E-state index contributed by atoms with van der Waals surface area (Å²) >= 11 is 0. The van der Waals surface area contributed by atoms with Gasteiger partial charge in [0.25, 0.3) is 0 Å². The van der Waals surface area contributed by atoms with Gasteiger partial charge < -0.3 is 14.6 Å². The van der Waals surface area contributed by atoms with Crippen LogP contribution in [0.4, 0.5) is 0 Å². The molecule has 0 spiro atoms. The maximum Gasteiger partial charge on any atom is 0.358 e. The highest BCUT2D eigenvalue weighted by atomic mass is 16.7. The first-order valence-corrected chi connectivity index (χ1v) is 4.80. The fourth-order valence-corrected chi connectivity index (χ4v) is 1.52. The van der Waals surface area contributed by atoms with E-state index in [0.29, 0.717) is 17.2 Å². The topological polar surface area (TPSA) is 86.5 Å². The molecule has 0 amide bonds. The van der Waals surface area contributed by atoms with Crippen LogP contribution in [0.15, 0.2) is 24.4 Å². The first-order chi connectivity index (χ1) is 8.24. The standard InChI is InChI=1S/C10H7N3O4/c14-10(15)7-4-13(12-11-7)6-1-2-8-9(3-6)17-5-16-8/h1-4H,5H2,(H,14,15). The van der Waals surface area contributed by atoms with Crippen molar-refractivity contribution in [3.63, 3.8) is 0 Å². The number of aromatic carboxylic acids is 1. The van der Waals surface area contributed by atoms with Gasteiger partial charge in [-0.1, -0.05) is 5.21 Å². The number of hydrogen-bond acceptors (Lipinski definition) is 5. The molecule has 0 unspecified atom stereocenters. The Balaban J connectivity index is 2.00. The van der Waals surface area contributed by atoms with Crippen LogP contribution in [0.25, 0.3) is 5.69 Å². The minimum Gasteiger partial charge on any atom is -0.476 e. The lowest BCUT2D eigenvalue weighted by molar-refractivity contribution is 0.0690. The van der Waals surface area contributed by atoms with Crippen molar-refractivity contribution in [2.75, 3.05) is 6.79 Å². The van der Waals surface area contributed by atoms with E-state index in [1.165, 1.54) is 10.9 Å². The summed E-state index contributed by atoms with van der Waals surface area (Å²) in [6.45, 7) is 0.191. The minimum absolute atomic E-state index is 0.109. The van der Waals surface area contributed by atoms with E-state index in [4.69, 9.17) is 14.6 Å². The van der Waals surface area contributed by atoms with E-state index in [2.05, 4.69) is 10.3 Å². The molecule has 1 aliphatic heterocycles. The van der Waals surface area contributed by atoms with E-state index < -0.39 is 5.97 Å². The quantitative estimate of drug-likeness (QED) is 0.821. The number of ether oxygens (including phenoxy) is 2. The summed E-state index contributed by atoms with van der Waals surface area (Å²) in [4.78, 5) is 10.7. The van der Waals surface area contributed by atoms with Crippen LogP contribution >= 0.6 is 0 Å². The van der Waals surface area contributed by atoms with Crippen LogP contribution < -0.4 is 9.47 Å². The monoisotopic (exact) mass is 233 g/mol. The zero-order chi connectivity index (χ0) is 11.8. The SMILES string of the molecule is O=C(O)c1cn(-c2ccc3c(c2)OCO3)nn1. The van der Waals surface area contributed by atoms with Gasteiger partial charge in [0.1, 0.15) is 0 Å². The number of benzene rings is 1. The van der Waals surface area contributed by atoms with E-state index in [1.807, 2.05) is 0 Å². The molecule has 0 radical (unpaired) electrons. The molecule has 17 heavy (non-hydrogen) atoms. The fourth-order valence-electron chi connectivity index (χ4n) is 1.52. The molecule has 0 bridgehead atoms. The molecular weight excluding hydrogens is 226 g/mol. The van der Waals surface area contributed by atoms with E-state index in [9.17, 15) is 4.79 Å². The predicted octanol–water partition coefficient (Wildman–Crippen LogP) is 0.694. The van der Waals surface area contributed by atoms with Gasteiger partial charge in [-0.05, 0) is 12.1 Å². The summed E-state index contributed by atoms with van der Waals surface area (Å²) in [6.07, 6.45) is 1.33. The van der Waals surface area contributed by atoms with Crippen molar-refractivity contribution in [2.45, 2.75) is 0 Å². The lowest BCUT2D eigenvalue weighted by Gasteiger charge is -2.01. The Morgan fingerprint density at radius 2 is 2.18 bits per heavy atom. The van der Waals surface area contributed by atoms with Gasteiger partial charge in [-0.2, -0.15) is 0 Å². The van der Waals surface area contributed by atoms with Gasteiger partial charge in [-0.25, -0.2) is 9.48 Å². The Labute approximate surface area is 95.2 Å².